The van der Waals surface area contributed by atoms with E-state index in [0.717, 1.165) is 4.90 Å². The van der Waals surface area contributed by atoms with Crippen LogP contribution in [-0.4, -0.2) is 21.7 Å². The zero-order chi connectivity index (χ0) is 15.8. The highest BCUT2D eigenvalue weighted by Gasteiger charge is 2.37. The molecule has 1 saturated heterocycles. The molecular weight excluding hydrogens is 291 g/mol. The Kier molecular flexibility index (Phi) is 4.09. The minimum absolute atomic E-state index is 0.0873. The van der Waals surface area contributed by atoms with E-state index in [9.17, 15) is 14.0 Å². The second kappa shape index (κ2) is 5.52. The quantitative estimate of drug-likeness (QED) is 0.686. The van der Waals surface area contributed by atoms with Crippen molar-refractivity contribution in [3.05, 3.63) is 35.1 Å². The molecule has 1 aromatic rings. The lowest BCUT2D eigenvalue weighted by Crippen LogP contribution is -2.45. The first-order chi connectivity index (χ1) is 9.69. The van der Waals surface area contributed by atoms with Crippen molar-refractivity contribution in [3.63, 3.8) is 0 Å². The van der Waals surface area contributed by atoms with Gasteiger partial charge in [0.15, 0.2) is 0 Å². The molecule has 2 amide bonds. The molecule has 2 N–H and O–H groups in total. The minimum atomic E-state index is -0.486. The maximum Gasteiger partial charge on any atom is 0.230 e. The number of nitrogens with two attached hydrogens (primary N) is 1. The van der Waals surface area contributed by atoms with Gasteiger partial charge in [-0.1, -0.05) is 26.1 Å². The van der Waals surface area contributed by atoms with Crippen molar-refractivity contribution in [1.29, 1.82) is 0 Å². The number of piperidine rings is 1. The lowest BCUT2D eigenvalue weighted by molar-refractivity contribution is -0.153. The van der Waals surface area contributed by atoms with Crippen LogP contribution in [0.4, 0.5) is 4.39 Å². The van der Waals surface area contributed by atoms with Gasteiger partial charge in [-0.25, -0.2) is 4.39 Å². The lowest BCUT2D eigenvalue weighted by atomic mass is 9.81. The first kappa shape index (κ1) is 15.6. The van der Waals surface area contributed by atoms with Crippen LogP contribution in [0.2, 0.25) is 0 Å². The molecule has 0 atom stereocenters. The molecule has 21 heavy (non-hydrogen) atoms. The number of halogens is 1. The highest BCUT2D eigenvalue weighted by Crippen LogP contribution is 2.32. The van der Waals surface area contributed by atoms with Gasteiger partial charge >= 0.3 is 0 Å². The average Bonchev–Trinajstić information content (AvgIpc) is 2.34. The molecule has 0 spiro atoms. The van der Waals surface area contributed by atoms with Crippen molar-refractivity contribution in [1.82, 2.24) is 4.90 Å². The van der Waals surface area contributed by atoms with E-state index in [2.05, 4.69) is 0 Å². The Morgan fingerprint density at radius 1 is 1.33 bits per heavy atom. The summed E-state index contributed by atoms with van der Waals surface area (Å²) in [5.74, 6) is -1.05. The maximum absolute atomic E-state index is 13.9. The largest absolute Gasteiger partial charge is 0.389 e. The number of likely N-dealkylation sites (tertiary alicyclic amines) is 1. The minimum Gasteiger partial charge on any atom is -0.389 e. The van der Waals surface area contributed by atoms with Crippen LogP contribution >= 0.6 is 12.2 Å². The summed E-state index contributed by atoms with van der Waals surface area (Å²) >= 11 is 4.85. The van der Waals surface area contributed by atoms with E-state index in [4.69, 9.17) is 18.0 Å². The third-order valence-corrected chi connectivity index (χ3v) is 3.76. The Bertz CT molecular complexity index is 608. The molecule has 1 fully saturated rings. The first-order valence-electron chi connectivity index (χ1n) is 6.61. The van der Waals surface area contributed by atoms with Gasteiger partial charge in [0, 0.05) is 24.0 Å². The van der Waals surface area contributed by atoms with Gasteiger partial charge in [-0.05, 0) is 23.6 Å². The van der Waals surface area contributed by atoms with Gasteiger partial charge in [-0.2, -0.15) is 0 Å². The van der Waals surface area contributed by atoms with Crippen LogP contribution in [0.3, 0.4) is 0 Å². The van der Waals surface area contributed by atoms with E-state index in [1.54, 1.807) is 0 Å². The van der Waals surface area contributed by atoms with Crippen LogP contribution in [0, 0.1) is 11.2 Å². The first-order valence-corrected chi connectivity index (χ1v) is 7.02. The molecule has 1 aromatic carbocycles. The molecule has 2 rings (SSSR count). The number of rotatable bonds is 3. The fourth-order valence-electron chi connectivity index (χ4n) is 2.41. The number of hydrogen-bond donors (Lipinski definition) is 1. The zero-order valence-corrected chi connectivity index (χ0v) is 12.8. The summed E-state index contributed by atoms with van der Waals surface area (Å²) in [6.07, 6.45) is 0.546. The Balaban J connectivity index is 2.26. The van der Waals surface area contributed by atoms with Crippen LogP contribution < -0.4 is 5.73 Å². The second-order valence-electron chi connectivity index (χ2n) is 6.06. The summed E-state index contributed by atoms with van der Waals surface area (Å²) < 4.78 is 13.9. The summed E-state index contributed by atoms with van der Waals surface area (Å²) in [6, 6.07) is 4.20. The predicted octanol–water partition coefficient (Wildman–Crippen LogP) is 2.14. The van der Waals surface area contributed by atoms with E-state index < -0.39 is 5.82 Å². The fraction of sp³-hybridized carbons (Fsp3) is 0.400. The van der Waals surface area contributed by atoms with Crippen LogP contribution in [0.25, 0.3) is 0 Å². The standard InChI is InChI=1S/C15H17FN2O2S/c1-15(2)6-12(19)18(13(20)7-15)8-10-5-9(14(17)21)3-4-11(10)16/h3-5H,6-8H2,1-2H3,(H2,17,21). The van der Waals surface area contributed by atoms with E-state index >= 15 is 0 Å². The van der Waals surface area contributed by atoms with Crippen molar-refractivity contribution >= 4 is 29.0 Å². The molecule has 4 nitrogen and oxygen atoms in total. The van der Waals surface area contributed by atoms with Crippen molar-refractivity contribution in [2.75, 3.05) is 0 Å². The van der Waals surface area contributed by atoms with Gasteiger partial charge in [0.05, 0.1) is 6.54 Å². The summed E-state index contributed by atoms with van der Waals surface area (Å²) in [7, 11) is 0. The summed E-state index contributed by atoms with van der Waals surface area (Å²) in [6.45, 7) is 3.65. The Morgan fingerprint density at radius 2 is 1.90 bits per heavy atom. The number of carbonyl (C=O) groups is 2. The van der Waals surface area contributed by atoms with E-state index in [-0.39, 0.29) is 47.2 Å². The lowest BCUT2D eigenvalue weighted by Gasteiger charge is -2.34. The van der Waals surface area contributed by atoms with Crippen molar-refractivity contribution in [2.45, 2.75) is 33.2 Å². The van der Waals surface area contributed by atoms with Gasteiger partial charge in [-0.15, -0.1) is 0 Å². The third-order valence-electron chi connectivity index (χ3n) is 3.52. The van der Waals surface area contributed by atoms with Crippen LogP contribution in [0.15, 0.2) is 18.2 Å². The molecule has 6 heteroatoms. The molecule has 1 aliphatic rings. The van der Waals surface area contributed by atoms with Gasteiger partial charge in [0.1, 0.15) is 10.8 Å². The second-order valence-corrected chi connectivity index (χ2v) is 6.50. The Morgan fingerprint density at radius 3 is 2.43 bits per heavy atom. The summed E-state index contributed by atoms with van der Waals surface area (Å²) in [5, 5.41) is 0. The number of thiocarbonyl (C=S) groups is 1. The number of imide groups is 1. The molecule has 112 valence electrons. The smallest absolute Gasteiger partial charge is 0.230 e. The third kappa shape index (κ3) is 3.44. The van der Waals surface area contributed by atoms with Crippen molar-refractivity contribution < 1.29 is 14.0 Å². The molecular formula is C15H17FN2O2S. The Hall–Kier alpha value is -1.82. The number of hydrogen-bond acceptors (Lipinski definition) is 3. The van der Waals surface area contributed by atoms with E-state index in [1.807, 2.05) is 13.8 Å². The maximum atomic E-state index is 13.9. The predicted molar refractivity (Wildman–Crippen MR) is 80.9 cm³/mol. The summed E-state index contributed by atoms with van der Waals surface area (Å²) in [4.78, 5) is 25.4. The van der Waals surface area contributed by atoms with Crippen molar-refractivity contribution in [3.8, 4) is 0 Å². The number of amides is 2. The molecule has 0 saturated carbocycles. The van der Waals surface area contributed by atoms with E-state index in [1.165, 1.54) is 18.2 Å². The molecule has 1 heterocycles. The highest BCUT2D eigenvalue weighted by molar-refractivity contribution is 7.80. The fourth-order valence-corrected chi connectivity index (χ4v) is 2.53. The monoisotopic (exact) mass is 308 g/mol. The van der Waals surface area contributed by atoms with E-state index in [0.29, 0.717) is 5.56 Å². The molecule has 0 bridgehead atoms. The molecule has 0 aromatic heterocycles. The molecule has 0 radical (unpaired) electrons. The van der Waals surface area contributed by atoms with Crippen molar-refractivity contribution in [2.24, 2.45) is 11.1 Å². The van der Waals surface area contributed by atoms with Crippen LogP contribution in [-0.2, 0) is 16.1 Å². The number of nitrogens with zero attached hydrogens (tertiary/aromatic N) is 1. The normalized spacial score (nSPS) is 18.0. The number of benzene rings is 1. The average molecular weight is 308 g/mol. The topological polar surface area (TPSA) is 63.4 Å². The van der Waals surface area contributed by atoms with Gasteiger partial charge < -0.3 is 5.73 Å². The highest BCUT2D eigenvalue weighted by atomic mass is 32.1. The zero-order valence-electron chi connectivity index (χ0n) is 12.0. The van der Waals surface area contributed by atoms with Crippen LogP contribution in [0.5, 0.6) is 0 Å². The van der Waals surface area contributed by atoms with Crippen LogP contribution in [0.1, 0.15) is 37.8 Å². The van der Waals surface area contributed by atoms with Gasteiger partial charge in [0.2, 0.25) is 11.8 Å². The SMILES string of the molecule is CC1(C)CC(=O)N(Cc2cc(C(N)=S)ccc2F)C(=O)C1. The molecule has 1 aliphatic heterocycles. The number of carbonyl (C=O) groups excluding carboxylic acids is 2. The molecule has 0 unspecified atom stereocenters. The summed E-state index contributed by atoms with van der Waals surface area (Å²) in [5.41, 5.74) is 5.92. The molecule has 0 aliphatic carbocycles. The van der Waals surface area contributed by atoms with Gasteiger partial charge in [-0.3, -0.25) is 14.5 Å². The Labute approximate surface area is 128 Å². The van der Waals surface area contributed by atoms with Gasteiger partial charge in [0.25, 0.3) is 0 Å².